The van der Waals surface area contributed by atoms with Gasteiger partial charge in [0.05, 0.1) is 24.0 Å². The van der Waals surface area contributed by atoms with E-state index in [4.69, 9.17) is 0 Å². The van der Waals surface area contributed by atoms with Crippen LogP contribution in [0.3, 0.4) is 0 Å². The Kier molecular flexibility index (Phi) is 5.22. The number of rotatable bonds is 4. The molecule has 1 atom stereocenters. The molecule has 2 aromatic rings. The summed E-state index contributed by atoms with van der Waals surface area (Å²) in [6, 6.07) is 10.2. The van der Waals surface area contributed by atoms with Crippen molar-refractivity contribution in [3.05, 3.63) is 70.9 Å². The number of nitrogens with one attached hydrogen (secondary N) is 2. The molecular formula is C26H27F2N3O2. The van der Waals surface area contributed by atoms with Crippen LogP contribution in [0.5, 0.6) is 0 Å². The van der Waals surface area contributed by atoms with Crippen LogP contribution in [0, 0.1) is 17.0 Å². The number of hydrogen-bond donors (Lipinski definition) is 2. The highest BCUT2D eigenvalue weighted by Crippen LogP contribution is 2.48. The van der Waals surface area contributed by atoms with E-state index in [1.165, 1.54) is 12.1 Å². The largest absolute Gasteiger partial charge is 0.357 e. The summed E-state index contributed by atoms with van der Waals surface area (Å²) in [5.74, 6) is -1.70. The van der Waals surface area contributed by atoms with E-state index in [1.807, 2.05) is 38.1 Å². The van der Waals surface area contributed by atoms with E-state index in [0.717, 1.165) is 30.3 Å². The molecule has 2 aromatic carbocycles. The Balaban J connectivity index is 1.70. The first-order valence-corrected chi connectivity index (χ1v) is 11.3. The Morgan fingerprint density at radius 2 is 1.82 bits per heavy atom. The van der Waals surface area contributed by atoms with E-state index in [1.54, 1.807) is 4.90 Å². The van der Waals surface area contributed by atoms with Gasteiger partial charge in [-0.15, -0.1) is 0 Å². The molecule has 5 nitrogen and oxygen atoms in total. The van der Waals surface area contributed by atoms with Gasteiger partial charge in [0.25, 0.3) is 0 Å². The van der Waals surface area contributed by atoms with Gasteiger partial charge in [-0.3, -0.25) is 9.59 Å². The van der Waals surface area contributed by atoms with Crippen molar-refractivity contribution in [2.24, 2.45) is 5.41 Å². The molecule has 33 heavy (non-hydrogen) atoms. The van der Waals surface area contributed by atoms with Crippen molar-refractivity contribution in [1.29, 1.82) is 0 Å². The van der Waals surface area contributed by atoms with Gasteiger partial charge in [-0.05, 0) is 54.5 Å². The Hall–Kier alpha value is -3.22. The van der Waals surface area contributed by atoms with Crippen molar-refractivity contribution in [3.8, 4) is 0 Å². The average molecular weight is 452 g/mol. The summed E-state index contributed by atoms with van der Waals surface area (Å²) in [7, 11) is 0. The summed E-state index contributed by atoms with van der Waals surface area (Å²) >= 11 is 0. The van der Waals surface area contributed by atoms with Crippen LogP contribution in [0.1, 0.15) is 51.1 Å². The number of Topliss-reactive ketones (excluding diaryl/α,β-unsaturated/α-hetero) is 1. The second-order valence-electron chi connectivity index (χ2n) is 10.1. The van der Waals surface area contributed by atoms with Gasteiger partial charge >= 0.3 is 0 Å². The second kappa shape index (κ2) is 7.97. The van der Waals surface area contributed by atoms with Gasteiger partial charge in [0.1, 0.15) is 11.6 Å². The first-order chi connectivity index (χ1) is 15.7. The summed E-state index contributed by atoms with van der Waals surface area (Å²) in [5.41, 5.74) is 2.73. The predicted octanol–water partition coefficient (Wildman–Crippen LogP) is 4.86. The zero-order chi connectivity index (χ0) is 23.3. The molecule has 1 amide bonds. The quantitative estimate of drug-likeness (QED) is 0.697. The van der Waals surface area contributed by atoms with E-state index in [-0.39, 0.29) is 29.7 Å². The van der Waals surface area contributed by atoms with Crippen LogP contribution in [-0.2, 0) is 9.59 Å². The molecule has 172 valence electrons. The maximum Gasteiger partial charge on any atom is 0.239 e. The number of halogens is 2. The minimum Gasteiger partial charge on any atom is -0.357 e. The lowest BCUT2D eigenvalue weighted by Crippen LogP contribution is -2.42. The Bertz CT molecular complexity index is 1150. The standard InChI is InChI=1S/C26H27F2N3O2/c1-26(2)12-20-24(22(32)13-26)25(15-9-16(27)11-17(28)10-15)31(14-23(33)29-18-7-8-18)21-6-4-3-5-19(21)30-20/h3-6,9-11,18,25,30H,7-8,12-14H2,1-2H3,(H,29,33). The fraction of sp³-hybridized carbons (Fsp3) is 0.385. The summed E-state index contributed by atoms with van der Waals surface area (Å²) in [6.45, 7) is 4.03. The zero-order valence-corrected chi connectivity index (χ0v) is 18.8. The number of carbonyl (C=O) groups is 2. The number of benzene rings is 2. The van der Waals surface area contributed by atoms with Crippen molar-refractivity contribution in [2.75, 3.05) is 16.8 Å². The van der Waals surface area contributed by atoms with E-state index in [2.05, 4.69) is 10.6 Å². The number of ketones is 1. The lowest BCUT2D eigenvalue weighted by atomic mass is 9.73. The fourth-order valence-corrected chi connectivity index (χ4v) is 4.96. The third-order valence-electron chi connectivity index (χ3n) is 6.46. The Morgan fingerprint density at radius 3 is 2.52 bits per heavy atom. The summed E-state index contributed by atoms with van der Waals surface area (Å²) < 4.78 is 28.7. The van der Waals surface area contributed by atoms with Crippen LogP contribution in [0.4, 0.5) is 20.2 Å². The summed E-state index contributed by atoms with van der Waals surface area (Å²) in [5, 5.41) is 6.42. The number of amides is 1. The molecule has 2 aliphatic carbocycles. The molecule has 1 aliphatic heterocycles. The number of anilines is 2. The van der Waals surface area contributed by atoms with Gasteiger partial charge in [0, 0.05) is 29.8 Å². The second-order valence-corrected chi connectivity index (χ2v) is 10.1. The van der Waals surface area contributed by atoms with Gasteiger partial charge < -0.3 is 15.5 Å². The molecule has 0 aromatic heterocycles. The number of carbonyl (C=O) groups excluding carboxylic acids is 2. The third kappa shape index (κ3) is 4.36. The molecule has 0 spiro atoms. The van der Waals surface area contributed by atoms with Crippen molar-refractivity contribution in [1.82, 2.24) is 5.32 Å². The summed E-state index contributed by atoms with van der Waals surface area (Å²) in [4.78, 5) is 28.2. The molecule has 1 saturated carbocycles. The topological polar surface area (TPSA) is 61.4 Å². The SMILES string of the molecule is CC1(C)CC(=O)C2=C(C1)Nc1ccccc1N(CC(=O)NC1CC1)C2c1cc(F)cc(F)c1. The molecule has 2 N–H and O–H groups in total. The zero-order valence-electron chi connectivity index (χ0n) is 18.8. The maximum atomic E-state index is 14.3. The van der Waals surface area contributed by atoms with Crippen molar-refractivity contribution >= 4 is 23.1 Å². The molecule has 1 heterocycles. The molecule has 7 heteroatoms. The van der Waals surface area contributed by atoms with Crippen LogP contribution in [-0.4, -0.2) is 24.3 Å². The maximum absolute atomic E-state index is 14.3. The van der Waals surface area contributed by atoms with Crippen LogP contribution in [0.25, 0.3) is 0 Å². The molecule has 1 unspecified atom stereocenters. The Labute approximate surface area is 191 Å². The van der Waals surface area contributed by atoms with Crippen LogP contribution < -0.4 is 15.5 Å². The lowest BCUT2D eigenvalue weighted by Gasteiger charge is -2.37. The Morgan fingerprint density at radius 1 is 1.12 bits per heavy atom. The number of allylic oxidation sites excluding steroid dienone is 1. The number of fused-ring (bicyclic) bond motifs is 1. The highest BCUT2D eigenvalue weighted by Gasteiger charge is 2.42. The first kappa shape index (κ1) is 21.6. The fourth-order valence-electron chi connectivity index (χ4n) is 4.96. The van der Waals surface area contributed by atoms with Gasteiger partial charge in [0.2, 0.25) is 5.91 Å². The lowest BCUT2D eigenvalue weighted by molar-refractivity contribution is -0.120. The third-order valence-corrected chi connectivity index (χ3v) is 6.46. The monoisotopic (exact) mass is 451 g/mol. The van der Waals surface area contributed by atoms with E-state index in [9.17, 15) is 18.4 Å². The number of nitrogens with zero attached hydrogens (tertiary/aromatic N) is 1. The highest BCUT2D eigenvalue weighted by atomic mass is 19.1. The van der Waals surface area contributed by atoms with E-state index < -0.39 is 17.7 Å². The number of para-hydroxylation sites is 2. The van der Waals surface area contributed by atoms with Gasteiger partial charge in [-0.25, -0.2) is 8.78 Å². The van der Waals surface area contributed by atoms with Gasteiger partial charge in [-0.2, -0.15) is 0 Å². The minimum absolute atomic E-state index is 0.0363. The number of hydrogen-bond acceptors (Lipinski definition) is 4. The van der Waals surface area contributed by atoms with E-state index in [0.29, 0.717) is 29.7 Å². The van der Waals surface area contributed by atoms with Crippen LogP contribution in [0.2, 0.25) is 0 Å². The summed E-state index contributed by atoms with van der Waals surface area (Å²) in [6.07, 6.45) is 2.83. The van der Waals surface area contributed by atoms with Crippen LogP contribution >= 0.6 is 0 Å². The predicted molar refractivity (Wildman–Crippen MR) is 123 cm³/mol. The normalized spacial score (nSPS) is 21.6. The average Bonchev–Trinajstić information content (AvgIpc) is 3.53. The van der Waals surface area contributed by atoms with Gasteiger partial charge in [-0.1, -0.05) is 26.0 Å². The minimum atomic E-state index is -0.796. The van der Waals surface area contributed by atoms with Crippen LogP contribution in [0.15, 0.2) is 53.7 Å². The molecular weight excluding hydrogens is 424 g/mol. The highest BCUT2D eigenvalue weighted by molar-refractivity contribution is 6.01. The van der Waals surface area contributed by atoms with Crippen molar-refractivity contribution in [2.45, 2.75) is 51.6 Å². The molecule has 0 bridgehead atoms. The smallest absolute Gasteiger partial charge is 0.239 e. The molecule has 0 saturated heterocycles. The van der Waals surface area contributed by atoms with Crippen molar-refractivity contribution < 1.29 is 18.4 Å². The molecule has 3 aliphatic rings. The molecule has 5 rings (SSSR count). The van der Waals surface area contributed by atoms with Gasteiger partial charge in [0.15, 0.2) is 5.78 Å². The molecule has 0 radical (unpaired) electrons. The van der Waals surface area contributed by atoms with Crippen molar-refractivity contribution in [3.63, 3.8) is 0 Å². The molecule has 1 fully saturated rings. The first-order valence-electron chi connectivity index (χ1n) is 11.3. The van der Waals surface area contributed by atoms with E-state index >= 15 is 0 Å².